The summed E-state index contributed by atoms with van der Waals surface area (Å²) in [6.07, 6.45) is -1.24. The van der Waals surface area contributed by atoms with Crippen molar-refractivity contribution < 1.29 is 18.7 Å². The van der Waals surface area contributed by atoms with Crippen LogP contribution < -0.4 is 11.1 Å². The van der Waals surface area contributed by atoms with E-state index in [1.54, 1.807) is 0 Å². The molecule has 2 aromatic rings. The quantitative estimate of drug-likeness (QED) is 0.728. The number of nitrogens with two attached hydrogens (primary N) is 1. The Labute approximate surface area is 107 Å². The van der Waals surface area contributed by atoms with Crippen molar-refractivity contribution in [2.45, 2.75) is 0 Å². The minimum absolute atomic E-state index is 0.156. The maximum absolute atomic E-state index is 13.6. The van der Waals surface area contributed by atoms with E-state index < -0.39 is 17.7 Å². The van der Waals surface area contributed by atoms with Crippen LogP contribution in [0, 0.1) is 11.6 Å². The topological polar surface area (TPSA) is 75.3 Å². The highest BCUT2D eigenvalue weighted by Gasteiger charge is 2.09. The van der Waals surface area contributed by atoms with Crippen molar-refractivity contribution in [1.29, 1.82) is 0 Å². The van der Waals surface area contributed by atoms with E-state index in [2.05, 4.69) is 5.32 Å². The van der Waals surface area contributed by atoms with Crippen molar-refractivity contribution in [1.82, 2.24) is 0 Å². The van der Waals surface area contributed by atoms with Crippen molar-refractivity contribution in [2.75, 3.05) is 11.1 Å². The summed E-state index contributed by atoms with van der Waals surface area (Å²) >= 11 is 0. The predicted molar refractivity (Wildman–Crippen MR) is 67.9 cm³/mol. The van der Waals surface area contributed by atoms with Crippen LogP contribution in [-0.4, -0.2) is 11.2 Å². The van der Waals surface area contributed by atoms with E-state index in [0.717, 1.165) is 12.1 Å². The number of halogens is 2. The van der Waals surface area contributed by atoms with E-state index in [-0.39, 0.29) is 16.9 Å². The monoisotopic (exact) mass is 264 g/mol. The molecule has 0 unspecified atom stereocenters. The van der Waals surface area contributed by atoms with Crippen LogP contribution in [0.2, 0.25) is 0 Å². The molecule has 0 fully saturated rings. The fourth-order valence-electron chi connectivity index (χ4n) is 1.68. The number of hydrogen-bond donors (Lipinski definition) is 3. The number of nitrogens with one attached hydrogen (secondary N) is 1. The zero-order chi connectivity index (χ0) is 14.0. The molecule has 0 saturated heterocycles. The third-order valence-corrected chi connectivity index (χ3v) is 2.54. The summed E-state index contributed by atoms with van der Waals surface area (Å²) in [5.74, 6) is -1.38. The van der Waals surface area contributed by atoms with Crippen LogP contribution in [0.3, 0.4) is 0 Å². The van der Waals surface area contributed by atoms with Gasteiger partial charge >= 0.3 is 6.09 Å². The van der Waals surface area contributed by atoms with Crippen molar-refractivity contribution in [3.8, 4) is 11.1 Å². The van der Waals surface area contributed by atoms with E-state index in [9.17, 15) is 13.6 Å². The Hall–Kier alpha value is -2.63. The molecule has 0 heterocycles. The first-order valence-electron chi connectivity index (χ1n) is 5.32. The standard InChI is InChI=1S/C13H10F2N2O2/c14-8-2-3-9(10(15)6-8)7-1-4-12(11(16)5-7)17-13(18)19/h1-6,17H,16H2,(H,18,19). The minimum atomic E-state index is -1.24. The van der Waals surface area contributed by atoms with Crippen molar-refractivity contribution >= 4 is 17.5 Å². The van der Waals surface area contributed by atoms with Gasteiger partial charge in [0.2, 0.25) is 0 Å². The highest BCUT2D eigenvalue weighted by Crippen LogP contribution is 2.29. The molecule has 0 bridgehead atoms. The number of carbonyl (C=O) groups is 1. The molecule has 0 aliphatic carbocycles. The van der Waals surface area contributed by atoms with Gasteiger partial charge in [0.05, 0.1) is 11.4 Å². The Balaban J connectivity index is 2.41. The van der Waals surface area contributed by atoms with Crippen LogP contribution in [0.1, 0.15) is 0 Å². The van der Waals surface area contributed by atoms with Gasteiger partial charge in [-0.3, -0.25) is 5.32 Å². The van der Waals surface area contributed by atoms with Gasteiger partial charge in [-0.25, -0.2) is 13.6 Å². The van der Waals surface area contributed by atoms with Gasteiger partial charge < -0.3 is 10.8 Å². The highest BCUT2D eigenvalue weighted by molar-refractivity contribution is 5.89. The summed E-state index contributed by atoms with van der Waals surface area (Å²) in [6.45, 7) is 0. The Morgan fingerprint density at radius 1 is 1.16 bits per heavy atom. The van der Waals surface area contributed by atoms with Gasteiger partial charge in [-0.2, -0.15) is 0 Å². The summed E-state index contributed by atoms with van der Waals surface area (Å²) in [7, 11) is 0. The van der Waals surface area contributed by atoms with Crippen molar-refractivity contribution in [3.63, 3.8) is 0 Å². The summed E-state index contributed by atoms with van der Waals surface area (Å²) in [6, 6.07) is 7.54. The normalized spacial score (nSPS) is 10.2. The van der Waals surface area contributed by atoms with E-state index in [0.29, 0.717) is 5.56 Å². The number of hydrogen-bond acceptors (Lipinski definition) is 2. The fraction of sp³-hybridized carbons (Fsp3) is 0. The number of benzene rings is 2. The molecule has 0 atom stereocenters. The number of carboxylic acid groups (broad SMARTS) is 1. The maximum atomic E-state index is 13.6. The smallest absolute Gasteiger partial charge is 0.409 e. The molecule has 0 saturated carbocycles. The summed E-state index contributed by atoms with van der Waals surface area (Å²) in [5.41, 5.74) is 6.65. The van der Waals surface area contributed by atoms with Crippen LogP contribution in [0.5, 0.6) is 0 Å². The molecular formula is C13H10F2N2O2. The summed E-state index contributed by atoms with van der Waals surface area (Å²) in [4.78, 5) is 10.5. The average Bonchev–Trinajstić information content (AvgIpc) is 2.31. The summed E-state index contributed by atoms with van der Waals surface area (Å²) < 4.78 is 26.4. The predicted octanol–water partition coefficient (Wildman–Crippen LogP) is 3.30. The van der Waals surface area contributed by atoms with E-state index in [4.69, 9.17) is 10.8 Å². The van der Waals surface area contributed by atoms with Crippen LogP contribution in [-0.2, 0) is 0 Å². The van der Waals surface area contributed by atoms with E-state index >= 15 is 0 Å². The Morgan fingerprint density at radius 2 is 1.89 bits per heavy atom. The zero-order valence-electron chi connectivity index (χ0n) is 9.65. The van der Waals surface area contributed by atoms with Crippen LogP contribution in [0.15, 0.2) is 36.4 Å². The molecule has 0 aliphatic rings. The minimum Gasteiger partial charge on any atom is -0.465 e. The molecular weight excluding hydrogens is 254 g/mol. The molecule has 0 aliphatic heterocycles. The Morgan fingerprint density at radius 3 is 2.47 bits per heavy atom. The van der Waals surface area contributed by atoms with Gasteiger partial charge in [0.15, 0.2) is 0 Å². The lowest BCUT2D eigenvalue weighted by Crippen LogP contribution is -2.09. The molecule has 2 aromatic carbocycles. The van der Waals surface area contributed by atoms with Crippen molar-refractivity contribution in [3.05, 3.63) is 48.0 Å². The van der Waals surface area contributed by atoms with Gasteiger partial charge in [0.25, 0.3) is 0 Å². The largest absolute Gasteiger partial charge is 0.465 e. The first-order chi connectivity index (χ1) is 8.97. The lowest BCUT2D eigenvalue weighted by molar-refractivity contribution is 0.210. The third-order valence-electron chi connectivity index (χ3n) is 2.54. The molecule has 0 aromatic heterocycles. The summed E-state index contributed by atoms with van der Waals surface area (Å²) in [5, 5.41) is 10.7. The van der Waals surface area contributed by atoms with Crippen LogP contribution >= 0.6 is 0 Å². The molecule has 4 N–H and O–H groups in total. The Bertz CT molecular complexity index is 645. The second-order valence-corrected chi connectivity index (χ2v) is 3.86. The first-order valence-corrected chi connectivity index (χ1v) is 5.32. The second-order valence-electron chi connectivity index (χ2n) is 3.86. The zero-order valence-corrected chi connectivity index (χ0v) is 9.65. The number of nitrogen functional groups attached to an aromatic ring is 1. The molecule has 2 rings (SSSR count). The lowest BCUT2D eigenvalue weighted by atomic mass is 10.0. The molecule has 98 valence electrons. The van der Waals surface area contributed by atoms with Crippen molar-refractivity contribution in [2.24, 2.45) is 0 Å². The van der Waals surface area contributed by atoms with Gasteiger partial charge in [0.1, 0.15) is 11.6 Å². The van der Waals surface area contributed by atoms with Gasteiger partial charge in [0, 0.05) is 11.6 Å². The van der Waals surface area contributed by atoms with Crippen LogP contribution in [0.4, 0.5) is 25.0 Å². The molecule has 6 heteroatoms. The Kier molecular flexibility index (Phi) is 3.33. The average molecular weight is 264 g/mol. The van der Waals surface area contributed by atoms with Crippen LogP contribution in [0.25, 0.3) is 11.1 Å². The van der Waals surface area contributed by atoms with Gasteiger partial charge in [-0.1, -0.05) is 6.07 Å². The first kappa shape index (κ1) is 12.8. The molecule has 4 nitrogen and oxygen atoms in total. The number of rotatable bonds is 2. The van der Waals surface area contributed by atoms with Gasteiger partial charge in [-0.05, 0) is 29.8 Å². The maximum Gasteiger partial charge on any atom is 0.409 e. The lowest BCUT2D eigenvalue weighted by Gasteiger charge is -2.09. The fourth-order valence-corrected chi connectivity index (χ4v) is 1.68. The third kappa shape index (κ3) is 2.79. The van der Waals surface area contributed by atoms with E-state index in [1.807, 2.05) is 0 Å². The number of amides is 1. The molecule has 0 radical (unpaired) electrons. The van der Waals surface area contributed by atoms with Gasteiger partial charge in [-0.15, -0.1) is 0 Å². The number of anilines is 2. The highest BCUT2D eigenvalue weighted by atomic mass is 19.1. The molecule has 1 amide bonds. The second kappa shape index (κ2) is 4.93. The SMILES string of the molecule is Nc1cc(-c2ccc(F)cc2F)ccc1NC(=O)O. The molecule has 19 heavy (non-hydrogen) atoms. The van der Waals surface area contributed by atoms with E-state index in [1.165, 1.54) is 24.3 Å². The molecule has 0 spiro atoms.